The van der Waals surface area contributed by atoms with Gasteiger partial charge in [-0.05, 0) is 47.5 Å². The van der Waals surface area contributed by atoms with E-state index in [-0.39, 0.29) is 11.5 Å². The number of aromatic nitrogens is 2. The van der Waals surface area contributed by atoms with Crippen LogP contribution in [0.3, 0.4) is 0 Å². The van der Waals surface area contributed by atoms with Crippen molar-refractivity contribution in [2.45, 2.75) is 31.4 Å². The molecule has 1 heterocycles. The third-order valence-electron chi connectivity index (χ3n) is 5.34. The van der Waals surface area contributed by atoms with Crippen LogP contribution in [0.2, 0.25) is 0 Å². The molecule has 0 saturated heterocycles. The number of carbonyl (C=O) groups excluding carboxylic acids is 1. The smallest absolute Gasteiger partial charge is 0.338 e. The second-order valence-electron chi connectivity index (χ2n) is 7.76. The summed E-state index contributed by atoms with van der Waals surface area (Å²) in [5.41, 5.74) is 1.83. The van der Waals surface area contributed by atoms with Gasteiger partial charge in [0.05, 0.1) is 21.5 Å². The molecule has 4 rings (SSSR count). The first-order chi connectivity index (χ1) is 15.3. The molecule has 0 radical (unpaired) electrons. The molecule has 0 aliphatic rings. The fourth-order valence-corrected chi connectivity index (χ4v) is 4.57. The zero-order valence-electron chi connectivity index (χ0n) is 18.3. The van der Waals surface area contributed by atoms with Crippen LogP contribution < -0.4 is 0 Å². The van der Waals surface area contributed by atoms with Crippen LogP contribution in [0, 0.1) is 0 Å². The van der Waals surface area contributed by atoms with E-state index in [1.807, 2.05) is 47.9 Å². The standard InChI is InChI=1S/C24H25N3O4S/c1-4-13-27-22-12-11-20(32(29,30)26(2)3)15-21(22)25-23(27)16-31-24(28)19-10-9-17-7-5-6-8-18(17)14-19/h5-12,14-15H,4,13,16H2,1-3H3. The molecule has 0 spiro atoms. The first-order valence-corrected chi connectivity index (χ1v) is 11.8. The second kappa shape index (κ2) is 8.72. The SMILES string of the molecule is CCCn1c(COC(=O)c2ccc3ccccc3c2)nc2cc(S(=O)(=O)N(C)C)ccc21. The number of rotatable bonds is 7. The van der Waals surface area contributed by atoms with Gasteiger partial charge in [0, 0.05) is 20.6 Å². The van der Waals surface area contributed by atoms with Crippen molar-refractivity contribution < 1.29 is 17.9 Å². The Morgan fingerprint density at radius 1 is 1.03 bits per heavy atom. The average molecular weight is 452 g/mol. The summed E-state index contributed by atoms with van der Waals surface area (Å²) < 4.78 is 33.7. The lowest BCUT2D eigenvalue weighted by atomic mass is 10.1. The summed E-state index contributed by atoms with van der Waals surface area (Å²) in [6, 6.07) is 18.2. The molecule has 0 N–H and O–H groups in total. The van der Waals surface area contributed by atoms with E-state index in [1.165, 1.54) is 18.4 Å². The van der Waals surface area contributed by atoms with E-state index in [2.05, 4.69) is 4.98 Å². The molecule has 3 aromatic carbocycles. The molecule has 0 atom stereocenters. The van der Waals surface area contributed by atoms with E-state index in [1.54, 1.807) is 24.3 Å². The lowest BCUT2D eigenvalue weighted by molar-refractivity contribution is 0.0458. The van der Waals surface area contributed by atoms with Gasteiger partial charge in [-0.25, -0.2) is 22.5 Å². The van der Waals surface area contributed by atoms with Crippen molar-refractivity contribution in [3.8, 4) is 0 Å². The molecule has 0 aliphatic heterocycles. The van der Waals surface area contributed by atoms with Crippen molar-refractivity contribution in [1.82, 2.24) is 13.9 Å². The van der Waals surface area contributed by atoms with Gasteiger partial charge in [0.15, 0.2) is 0 Å². The third-order valence-corrected chi connectivity index (χ3v) is 7.15. The van der Waals surface area contributed by atoms with Crippen LogP contribution in [0.15, 0.2) is 65.6 Å². The van der Waals surface area contributed by atoms with Gasteiger partial charge in [-0.15, -0.1) is 0 Å². The number of benzene rings is 3. The molecule has 0 bridgehead atoms. The van der Waals surface area contributed by atoms with E-state index in [0.717, 1.165) is 22.7 Å². The highest BCUT2D eigenvalue weighted by atomic mass is 32.2. The molecule has 8 heteroatoms. The van der Waals surface area contributed by atoms with Gasteiger partial charge in [-0.2, -0.15) is 0 Å². The summed E-state index contributed by atoms with van der Waals surface area (Å²) in [6.45, 7) is 2.72. The van der Waals surface area contributed by atoms with Crippen LogP contribution in [0.4, 0.5) is 0 Å². The molecule has 0 saturated carbocycles. The molecule has 0 unspecified atom stereocenters. The molecule has 1 aromatic heterocycles. The van der Waals surface area contributed by atoms with Gasteiger partial charge < -0.3 is 9.30 Å². The summed E-state index contributed by atoms with van der Waals surface area (Å²) in [5, 5.41) is 2.02. The normalized spacial score (nSPS) is 12.0. The molecule has 32 heavy (non-hydrogen) atoms. The van der Waals surface area contributed by atoms with Crippen molar-refractivity contribution >= 4 is 37.8 Å². The highest BCUT2D eigenvalue weighted by Crippen LogP contribution is 2.23. The first kappa shape index (κ1) is 22.0. The third kappa shape index (κ3) is 4.11. The summed E-state index contributed by atoms with van der Waals surface area (Å²) in [4.78, 5) is 17.4. The number of esters is 1. The largest absolute Gasteiger partial charge is 0.454 e. The van der Waals surface area contributed by atoms with Crippen LogP contribution in [0.1, 0.15) is 29.5 Å². The molecule has 4 aromatic rings. The Hall–Kier alpha value is -3.23. The fourth-order valence-electron chi connectivity index (χ4n) is 3.64. The Morgan fingerprint density at radius 2 is 1.78 bits per heavy atom. The fraction of sp³-hybridized carbons (Fsp3) is 0.250. The number of sulfonamides is 1. The molecule has 0 fully saturated rings. The number of ether oxygens (including phenoxy) is 1. The van der Waals surface area contributed by atoms with Crippen molar-refractivity contribution in [1.29, 1.82) is 0 Å². The van der Waals surface area contributed by atoms with Crippen LogP contribution in [-0.4, -0.2) is 42.3 Å². The predicted molar refractivity (Wildman–Crippen MR) is 124 cm³/mol. The molecule has 0 aliphatic carbocycles. The molecule has 7 nitrogen and oxygen atoms in total. The van der Waals surface area contributed by atoms with E-state index < -0.39 is 16.0 Å². The number of aryl methyl sites for hydroxylation is 1. The van der Waals surface area contributed by atoms with Gasteiger partial charge in [-0.1, -0.05) is 37.3 Å². The number of fused-ring (bicyclic) bond motifs is 2. The van der Waals surface area contributed by atoms with Crippen LogP contribution >= 0.6 is 0 Å². The Kier molecular flexibility index (Phi) is 5.99. The average Bonchev–Trinajstić information content (AvgIpc) is 3.14. The highest BCUT2D eigenvalue weighted by Gasteiger charge is 2.20. The maximum atomic E-state index is 12.7. The monoisotopic (exact) mass is 451 g/mol. The van der Waals surface area contributed by atoms with E-state index >= 15 is 0 Å². The minimum absolute atomic E-state index is 0.00387. The quantitative estimate of drug-likeness (QED) is 0.393. The van der Waals surface area contributed by atoms with Gasteiger partial charge in [-0.3, -0.25) is 0 Å². The zero-order chi connectivity index (χ0) is 22.9. The van der Waals surface area contributed by atoms with E-state index in [9.17, 15) is 13.2 Å². The molecular formula is C24H25N3O4S. The maximum absolute atomic E-state index is 12.7. The van der Waals surface area contributed by atoms with Crippen LogP contribution in [-0.2, 0) is 27.9 Å². The van der Waals surface area contributed by atoms with E-state index in [0.29, 0.717) is 23.4 Å². The molecule has 166 valence electrons. The Morgan fingerprint density at radius 3 is 2.50 bits per heavy atom. The number of hydrogen-bond acceptors (Lipinski definition) is 5. The summed E-state index contributed by atoms with van der Waals surface area (Å²) >= 11 is 0. The topological polar surface area (TPSA) is 81.5 Å². The van der Waals surface area contributed by atoms with Gasteiger partial charge >= 0.3 is 5.97 Å². The van der Waals surface area contributed by atoms with Crippen molar-refractivity contribution in [3.05, 3.63) is 72.1 Å². The minimum Gasteiger partial charge on any atom is -0.454 e. The highest BCUT2D eigenvalue weighted by molar-refractivity contribution is 7.89. The Bertz CT molecular complexity index is 1410. The van der Waals surface area contributed by atoms with Crippen molar-refractivity contribution in [2.24, 2.45) is 0 Å². The van der Waals surface area contributed by atoms with Gasteiger partial charge in [0.1, 0.15) is 12.4 Å². The first-order valence-electron chi connectivity index (χ1n) is 10.4. The molecular weight excluding hydrogens is 426 g/mol. The van der Waals surface area contributed by atoms with Crippen molar-refractivity contribution in [3.63, 3.8) is 0 Å². The molecule has 0 amide bonds. The Labute approximate surface area is 187 Å². The number of hydrogen-bond donors (Lipinski definition) is 0. The van der Waals surface area contributed by atoms with Crippen molar-refractivity contribution in [2.75, 3.05) is 14.1 Å². The van der Waals surface area contributed by atoms with E-state index in [4.69, 9.17) is 4.74 Å². The van der Waals surface area contributed by atoms with Crippen LogP contribution in [0.5, 0.6) is 0 Å². The van der Waals surface area contributed by atoms with Crippen LogP contribution in [0.25, 0.3) is 21.8 Å². The number of carbonyl (C=O) groups is 1. The van der Waals surface area contributed by atoms with Gasteiger partial charge in [0.25, 0.3) is 0 Å². The Balaban J connectivity index is 1.62. The summed E-state index contributed by atoms with van der Waals surface area (Å²) in [7, 11) is -0.579. The summed E-state index contributed by atoms with van der Waals surface area (Å²) in [5.74, 6) is 0.150. The van der Waals surface area contributed by atoms with Gasteiger partial charge in [0.2, 0.25) is 10.0 Å². The zero-order valence-corrected chi connectivity index (χ0v) is 19.1. The number of imidazole rings is 1. The number of nitrogens with zero attached hydrogens (tertiary/aromatic N) is 3. The lowest BCUT2D eigenvalue weighted by Gasteiger charge is -2.11. The second-order valence-corrected chi connectivity index (χ2v) is 9.91. The lowest BCUT2D eigenvalue weighted by Crippen LogP contribution is -2.22. The maximum Gasteiger partial charge on any atom is 0.338 e. The predicted octanol–water partition coefficient (Wildman–Crippen LogP) is 4.21. The summed E-state index contributed by atoms with van der Waals surface area (Å²) in [6.07, 6.45) is 0.856. The minimum atomic E-state index is -3.57.